The molecule has 0 radical (unpaired) electrons. The zero-order valence-electron chi connectivity index (χ0n) is 12.5. The fourth-order valence-electron chi connectivity index (χ4n) is 2.16. The predicted molar refractivity (Wildman–Crippen MR) is 76.8 cm³/mol. The van der Waals surface area contributed by atoms with Crippen LogP contribution in [0.25, 0.3) is 5.57 Å². The van der Waals surface area contributed by atoms with Crippen molar-refractivity contribution in [3.05, 3.63) is 41.5 Å². The van der Waals surface area contributed by atoms with Crippen LogP contribution in [-0.2, 0) is 4.74 Å². The Hall–Kier alpha value is -1.91. The van der Waals surface area contributed by atoms with Crippen molar-refractivity contribution in [1.82, 2.24) is 4.90 Å². The Balaban J connectivity index is 2.07. The lowest BCUT2D eigenvalue weighted by Crippen LogP contribution is -2.39. The lowest BCUT2D eigenvalue weighted by molar-refractivity contribution is 0.0270. The average Bonchev–Trinajstić information content (AvgIpc) is 2.37. The second kappa shape index (κ2) is 5.84. The number of hydrogen-bond acceptors (Lipinski definition) is 2. The first-order chi connectivity index (χ1) is 9.76. The Morgan fingerprint density at radius 1 is 1.29 bits per heavy atom. The molecule has 0 spiro atoms. The number of halogens is 2. The molecule has 0 N–H and O–H groups in total. The van der Waals surface area contributed by atoms with Crippen molar-refractivity contribution in [3.63, 3.8) is 0 Å². The van der Waals surface area contributed by atoms with Crippen molar-refractivity contribution >= 4 is 11.7 Å². The minimum absolute atomic E-state index is 0.362. The average molecular weight is 295 g/mol. The van der Waals surface area contributed by atoms with Crippen LogP contribution in [0.2, 0.25) is 0 Å². The molecule has 0 saturated carbocycles. The first-order valence-corrected chi connectivity index (χ1v) is 6.88. The van der Waals surface area contributed by atoms with Gasteiger partial charge in [0.15, 0.2) is 0 Å². The van der Waals surface area contributed by atoms with Crippen molar-refractivity contribution in [3.8, 4) is 0 Å². The van der Waals surface area contributed by atoms with Crippen LogP contribution in [0, 0.1) is 11.6 Å². The number of benzene rings is 1. The van der Waals surface area contributed by atoms with Gasteiger partial charge in [-0.05, 0) is 44.9 Å². The van der Waals surface area contributed by atoms with Gasteiger partial charge in [-0.3, -0.25) is 0 Å². The third-order valence-electron chi connectivity index (χ3n) is 3.14. The minimum atomic E-state index is -0.594. The van der Waals surface area contributed by atoms with Gasteiger partial charge in [-0.15, -0.1) is 0 Å². The van der Waals surface area contributed by atoms with Crippen LogP contribution in [0.3, 0.4) is 0 Å². The summed E-state index contributed by atoms with van der Waals surface area (Å²) in [6, 6.07) is 3.54. The monoisotopic (exact) mass is 295 g/mol. The van der Waals surface area contributed by atoms with E-state index in [0.29, 0.717) is 25.1 Å². The Morgan fingerprint density at radius 2 is 2.00 bits per heavy atom. The number of rotatable bonds is 1. The maximum Gasteiger partial charge on any atom is 0.410 e. The zero-order chi connectivity index (χ0) is 15.6. The van der Waals surface area contributed by atoms with Crippen LogP contribution >= 0.6 is 0 Å². The Kier molecular flexibility index (Phi) is 4.30. The van der Waals surface area contributed by atoms with E-state index in [2.05, 4.69) is 0 Å². The topological polar surface area (TPSA) is 29.5 Å². The van der Waals surface area contributed by atoms with Crippen molar-refractivity contribution in [2.45, 2.75) is 32.8 Å². The second-order valence-corrected chi connectivity index (χ2v) is 6.03. The lowest BCUT2D eigenvalue weighted by atomic mass is 9.99. The summed E-state index contributed by atoms with van der Waals surface area (Å²) in [4.78, 5) is 13.5. The van der Waals surface area contributed by atoms with E-state index in [1.165, 1.54) is 12.1 Å². The van der Waals surface area contributed by atoms with Crippen LogP contribution in [-0.4, -0.2) is 29.7 Å². The van der Waals surface area contributed by atoms with Crippen LogP contribution in [0.15, 0.2) is 24.3 Å². The minimum Gasteiger partial charge on any atom is -0.444 e. The maximum atomic E-state index is 13.7. The summed E-state index contributed by atoms with van der Waals surface area (Å²) in [5, 5.41) is 0. The van der Waals surface area contributed by atoms with Crippen molar-refractivity contribution in [2.24, 2.45) is 0 Å². The molecule has 2 rings (SSSR count). The third-order valence-corrected chi connectivity index (χ3v) is 3.14. The van der Waals surface area contributed by atoms with Gasteiger partial charge in [0, 0.05) is 24.7 Å². The Morgan fingerprint density at radius 3 is 2.52 bits per heavy atom. The summed E-state index contributed by atoms with van der Waals surface area (Å²) < 4.78 is 31.9. The van der Waals surface area contributed by atoms with Gasteiger partial charge < -0.3 is 9.64 Å². The zero-order valence-corrected chi connectivity index (χ0v) is 12.5. The highest BCUT2D eigenvalue weighted by Gasteiger charge is 2.24. The molecule has 1 aromatic carbocycles. The summed E-state index contributed by atoms with van der Waals surface area (Å²) in [6.07, 6.45) is 1.92. The van der Waals surface area contributed by atoms with E-state index in [1.807, 2.05) is 20.8 Å². The highest BCUT2D eigenvalue weighted by atomic mass is 19.1. The van der Waals surface area contributed by atoms with Gasteiger partial charge in [0.2, 0.25) is 0 Å². The molecular weight excluding hydrogens is 276 g/mol. The van der Waals surface area contributed by atoms with Crippen molar-refractivity contribution in [1.29, 1.82) is 0 Å². The van der Waals surface area contributed by atoms with E-state index < -0.39 is 17.2 Å². The molecule has 1 aliphatic heterocycles. The summed E-state index contributed by atoms with van der Waals surface area (Å²) in [5.74, 6) is -1.17. The van der Waals surface area contributed by atoms with Gasteiger partial charge in [-0.25, -0.2) is 13.6 Å². The molecule has 3 nitrogen and oxygen atoms in total. The van der Waals surface area contributed by atoms with Crippen molar-refractivity contribution < 1.29 is 18.3 Å². The number of nitrogens with zero attached hydrogens (tertiary/aromatic N) is 1. The molecule has 1 heterocycles. The van der Waals surface area contributed by atoms with Crippen molar-refractivity contribution in [2.75, 3.05) is 13.1 Å². The van der Waals surface area contributed by atoms with E-state index in [0.717, 1.165) is 11.6 Å². The largest absolute Gasteiger partial charge is 0.444 e. The molecule has 0 aromatic heterocycles. The number of carbonyl (C=O) groups is 1. The van der Waals surface area contributed by atoms with E-state index in [-0.39, 0.29) is 6.09 Å². The van der Waals surface area contributed by atoms with E-state index in [1.54, 1.807) is 11.0 Å². The quantitative estimate of drug-likeness (QED) is 0.784. The first-order valence-electron chi connectivity index (χ1n) is 6.88. The molecule has 0 atom stereocenters. The summed E-state index contributed by atoms with van der Waals surface area (Å²) in [6.45, 7) is 6.25. The Labute approximate surface area is 123 Å². The molecule has 0 unspecified atom stereocenters. The number of amides is 1. The van der Waals surface area contributed by atoms with Crippen LogP contribution in [0.4, 0.5) is 13.6 Å². The molecule has 0 aliphatic carbocycles. The first kappa shape index (κ1) is 15.5. The normalized spacial score (nSPS) is 15.7. The fourth-order valence-corrected chi connectivity index (χ4v) is 2.16. The lowest BCUT2D eigenvalue weighted by Gasteiger charge is -2.29. The van der Waals surface area contributed by atoms with E-state index in [9.17, 15) is 13.6 Å². The summed E-state index contributed by atoms with van der Waals surface area (Å²) in [5.41, 5.74) is 0.636. The van der Waals surface area contributed by atoms with Gasteiger partial charge in [0.1, 0.15) is 17.2 Å². The number of ether oxygens (including phenoxy) is 1. The number of hydrogen-bond donors (Lipinski definition) is 0. The smallest absolute Gasteiger partial charge is 0.410 e. The third kappa shape index (κ3) is 4.03. The maximum absolute atomic E-state index is 13.7. The summed E-state index contributed by atoms with van der Waals surface area (Å²) >= 11 is 0. The van der Waals surface area contributed by atoms with E-state index in [4.69, 9.17) is 4.74 Å². The standard InChI is InChI=1S/C16H19F2NO2/c1-16(2,3)21-15(20)19-8-6-11(7-9-19)13-5-4-12(17)10-14(13)18/h4-6,10H,7-9H2,1-3H3. The van der Waals surface area contributed by atoms with Crippen LogP contribution in [0.5, 0.6) is 0 Å². The highest BCUT2D eigenvalue weighted by Crippen LogP contribution is 2.26. The molecule has 0 saturated heterocycles. The summed E-state index contributed by atoms with van der Waals surface area (Å²) in [7, 11) is 0. The van der Waals surface area contributed by atoms with Crippen LogP contribution in [0.1, 0.15) is 32.8 Å². The molecular formula is C16H19F2NO2. The van der Waals surface area contributed by atoms with Gasteiger partial charge in [0.05, 0.1) is 0 Å². The number of carbonyl (C=O) groups excluding carboxylic acids is 1. The van der Waals surface area contributed by atoms with Gasteiger partial charge in [-0.1, -0.05) is 6.08 Å². The molecule has 0 bridgehead atoms. The Bertz CT molecular complexity index is 576. The van der Waals surface area contributed by atoms with Gasteiger partial charge in [0.25, 0.3) is 0 Å². The SMILES string of the molecule is CC(C)(C)OC(=O)N1CC=C(c2ccc(F)cc2F)CC1. The van der Waals surface area contributed by atoms with Gasteiger partial charge >= 0.3 is 6.09 Å². The second-order valence-electron chi connectivity index (χ2n) is 6.03. The molecule has 114 valence electrons. The fraction of sp³-hybridized carbons (Fsp3) is 0.438. The molecule has 1 aliphatic rings. The molecule has 21 heavy (non-hydrogen) atoms. The molecule has 5 heteroatoms. The molecule has 1 aromatic rings. The van der Waals surface area contributed by atoms with Gasteiger partial charge in [-0.2, -0.15) is 0 Å². The predicted octanol–water partition coefficient (Wildman–Crippen LogP) is 3.99. The molecule has 1 amide bonds. The highest BCUT2D eigenvalue weighted by molar-refractivity contribution is 5.72. The molecule has 0 fully saturated rings. The van der Waals surface area contributed by atoms with Crippen LogP contribution < -0.4 is 0 Å². The van der Waals surface area contributed by atoms with E-state index >= 15 is 0 Å².